The van der Waals surface area contributed by atoms with Crippen molar-refractivity contribution in [1.29, 1.82) is 0 Å². The molecule has 1 amide bonds. The number of aromatic nitrogens is 1. The lowest BCUT2D eigenvalue weighted by atomic mass is 10.1. The summed E-state index contributed by atoms with van der Waals surface area (Å²) in [6.07, 6.45) is 1.31. The van der Waals surface area contributed by atoms with Crippen LogP contribution in [0.15, 0.2) is 42.6 Å². The Bertz CT molecular complexity index is 684. The molecule has 0 radical (unpaired) electrons. The second kappa shape index (κ2) is 7.74. The number of rotatable bonds is 5. The Kier molecular flexibility index (Phi) is 5.71. The quantitative estimate of drug-likeness (QED) is 0.672. The predicted molar refractivity (Wildman–Crippen MR) is 88.6 cm³/mol. The van der Waals surface area contributed by atoms with Crippen molar-refractivity contribution < 1.29 is 14.3 Å². The number of pyridine rings is 1. The second-order valence-electron chi connectivity index (χ2n) is 4.96. The highest BCUT2D eigenvalue weighted by Gasteiger charge is 2.19. The van der Waals surface area contributed by atoms with Crippen LogP contribution in [0.1, 0.15) is 29.8 Å². The van der Waals surface area contributed by atoms with Crippen molar-refractivity contribution in [2.75, 3.05) is 5.32 Å². The Labute approximate surface area is 139 Å². The summed E-state index contributed by atoms with van der Waals surface area (Å²) >= 11 is 5.66. The van der Waals surface area contributed by atoms with Gasteiger partial charge >= 0.3 is 5.97 Å². The molecule has 0 aliphatic heterocycles. The minimum atomic E-state index is -0.927. The molecule has 1 aromatic carbocycles. The molecule has 2 rings (SSSR count). The minimum absolute atomic E-state index is 0.237. The van der Waals surface area contributed by atoms with Gasteiger partial charge in [-0.25, -0.2) is 9.78 Å². The van der Waals surface area contributed by atoms with E-state index < -0.39 is 18.0 Å². The summed E-state index contributed by atoms with van der Waals surface area (Å²) in [5.74, 6) is -1.03. The second-order valence-corrected chi connectivity index (χ2v) is 5.34. The van der Waals surface area contributed by atoms with Crippen LogP contribution in [0.2, 0.25) is 5.15 Å². The number of aryl methyl sites for hydroxylation is 1. The van der Waals surface area contributed by atoms with E-state index in [-0.39, 0.29) is 10.7 Å². The maximum atomic E-state index is 12.1. The van der Waals surface area contributed by atoms with E-state index in [0.717, 1.165) is 6.42 Å². The molecule has 23 heavy (non-hydrogen) atoms. The lowest BCUT2D eigenvalue weighted by molar-refractivity contribution is -0.123. The van der Waals surface area contributed by atoms with Crippen LogP contribution in [0, 0.1) is 0 Å². The lowest BCUT2D eigenvalue weighted by Crippen LogP contribution is -2.30. The molecule has 0 bridgehead atoms. The van der Waals surface area contributed by atoms with Crippen LogP contribution in [0.3, 0.4) is 0 Å². The molecule has 120 valence electrons. The van der Waals surface area contributed by atoms with E-state index in [9.17, 15) is 9.59 Å². The average Bonchev–Trinajstić information content (AvgIpc) is 2.56. The summed E-state index contributed by atoms with van der Waals surface area (Å²) in [4.78, 5) is 27.8. The third kappa shape index (κ3) is 4.79. The van der Waals surface area contributed by atoms with Gasteiger partial charge in [0.1, 0.15) is 5.15 Å². The number of nitrogens with zero attached hydrogens (tertiary/aromatic N) is 1. The van der Waals surface area contributed by atoms with Crippen molar-refractivity contribution in [2.24, 2.45) is 0 Å². The standard InChI is InChI=1S/C17H17ClN2O3/c1-3-12-4-7-14(8-5-12)20-16(21)11(2)23-17(22)13-6-9-15(18)19-10-13/h4-11H,3H2,1-2H3,(H,20,21)/t11-/m0/s1. The Balaban J connectivity index is 1.93. The number of hydrogen-bond acceptors (Lipinski definition) is 4. The molecule has 0 saturated heterocycles. The number of nitrogens with one attached hydrogen (secondary N) is 1. The first-order valence-electron chi connectivity index (χ1n) is 7.22. The molecule has 1 aromatic heterocycles. The SMILES string of the molecule is CCc1ccc(NC(=O)[C@H](C)OC(=O)c2ccc(Cl)nc2)cc1. The van der Waals surface area contributed by atoms with Crippen LogP contribution >= 0.6 is 11.6 Å². The highest BCUT2D eigenvalue weighted by Crippen LogP contribution is 2.12. The van der Waals surface area contributed by atoms with Crippen LogP contribution in [-0.2, 0) is 16.0 Å². The summed E-state index contributed by atoms with van der Waals surface area (Å²) in [6.45, 7) is 3.57. The Hall–Kier alpha value is -2.40. The monoisotopic (exact) mass is 332 g/mol. The highest BCUT2D eigenvalue weighted by molar-refractivity contribution is 6.29. The number of benzene rings is 1. The van der Waals surface area contributed by atoms with Gasteiger partial charge in [-0.05, 0) is 43.2 Å². The van der Waals surface area contributed by atoms with Crippen LogP contribution in [0.4, 0.5) is 5.69 Å². The molecule has 1 N–H and O–H groups in total. The molecular formula is C17H17ClN2O3. The molecule has 0 unspecified atom stereocenters. The lowest BCUT2D eigenvalue weighted by Gasteiger charge is -2.13. The fourth-order valence-electron chi connectivity index (χ4n) is 1.85. The summed E-state index contributed by atoms with van der Waals surface area (Å²) in [6, 6.07) is 10.5. The van der Waals surface area contributed by atoms with Gasteiger partial charge in [-0.15, -0.1) is 0 Å². The first-order valence-corrected chi connectivity index (χ1v) is 7.59. The molecule has 6 heteroatoms. The Morgan fingerprint density at radius 3 is 2.48 bits per heavy atom. The Morgan fingerprint density at radius 1 is 1.22 bits per heavy atom. The van der Waals surface area contributed by atoms with Gasteiger partial charge < -0.3 is 10.1 Å². The predicted octanol–water partition coefficient (Wildman–Crippen LogP) is 3.48. The normalized spacial score (nSPS) is 11.6. The zero-order valence-corrected chi connectivity index (χ0v) is 13.6. The Morgan fingerprint density at radius 2 is 1.91 bits per heavy atom. The van der Waals surface area contributed by atoms with E-state index >= 15 is 0 Å². The number of anilines is 1. The topological polar surface area (TPSA) is 68.3 Å². The van der Waals surface area contributed by atoms with Crippen molar-refractivity contribution >= 4 is 29.2 Å². The number of esters is 1. The molecule has 1 heterocycles. The number of amides is 1. The van der Waals surface area contributed by atoms with Crippen molar-refractivity contribution in [3.8, 4) is 0 Å². The van der Waals surface area contributed by atoms with E-state index in [1.165, 1.54) is 30.8 Å². The van der Waals surface area contributed by atoms with E-state index in [1.807, 2.05) is 24.3 Å². The van der Waals surface area contributed by atoms with E-state index in [4.69, 9.17) is 16.3 Å². The fourth-order valence-corrected chi connectivity index (χ4v) is 1.96. The molecule has 0 saturated carbocycles. The van der Waals surface area contributed by atoms with Crippen molar-refractivity contribution in [2.45, 2.75) is 26.4 Å². The van der Waals surface area contributed by atoms with Gasteiger partial charge in [0.05, 0.1) is 5.56 Å². The van der Waals surface area contributed by atoms with Gasteiger partial charge in [0.15, 0.2) is 6.10 Å². The third-order valence-corrected chi connectivity index (χ3v) is 3.47. The van der Waals surface area contributed by atoms with Gasteiger partial charge in [0, 0.05) is 11.9 Å². The molecule has 2 aromatic rings. The van der Waals surface area contributed by atoms with Crippen LogP contribution < -0.4 is 5.32 Å². The molecule has 0 spiro atoms. The molecule has 0 aliphatic rings. The van der Waals surface area contributed by atoms with Crippen LogP contribution in [0.25, 0.3) is 0 Å². The maximum absolute atomic E-state index is 12.1. The van der Waals surface area contributed by atoms with E-state index in [1.54, 1.807) is 0 Å². The number of carbonyl (C=O) groups excluding carboxylic acids is 2. The van der Waals surface area contributed by atoms with E-state index in [0.29, 0.717) is 5.69 Å². The first-order chi connectivity index (χ1) is 11.0. The zero-order chi connectivity index (χ0) is 16.8. The maximum Gasteiger partial charge on any atom is 0.340 e. The van der Waals surface area contributed by atoms with Gasteiger partial charge in [0.25, 0.3) is 5.91 Å². The van der Waals surface area contributed by atoms with Gasteiger partial charge in [0.2, 0.25) is 0 Å². The highest BCUT2D eigenvalue weighted by atomic mass is 35.5. The van der Waals surface area contributed by atoms with E-state index in [2.05, 4.69) is 17.2 Å². The minimum Gasteiger partial charge on any atom is -0.449 e. The molecule has 0 aliphatic carbocycles. The fraction of sp³-hybridized carbons (Fsp3) is 0.235. The average molecular weight is 333 g/mol. The van der Waals surface area contributed by atoms with Gasteiger partial charge in [-0.1, -0.05) is 30.7 Å². The van der Waals surface area contributed by atoms with Crippen LogP contribution in [0.5, 0.6) is 0 Å². The smallest absolute Gasteiger partial charge is 0.340 e. The van der Waals surface area contributed by atoms with Crippen molar-refractivity contribution in [1.82, 2.24) is 4.98 Å². The van der Waals surface area contributed by atoms with Crippen LogP contribution in [-0.4, -0.2) is 23.0 Å². The molecule has 0 fully saturated rings. The number of ether oxygens (including phenoxy) is 1. The molecular weight excluding hydrogens is 316 g/mol. The number of hydrogen-bond donors (Lipinski definition) is 1. The van der Waals surface area contributed by atoms with Gasteiger partial charge in [-0.2, -0.15) is 0 Å². The van der Waals surface area contributed by atoms with Gasteiger partial charge in [-0.3, -0.25) is 4.79 Å². The summed E-state index contributed by atoms with van der Waals surface area (Å²) in [7, 11) is 0. The summed E-state index contributed by atoms with van der Waals surface area (Å²) in [5.41, 5.74) is 2.07. The molecule has 1 atom stereocenters. The molecule has 5 nitrogen and oxygen atoms in total. The summed E-state index contributed by atoms with van der Waals surface area (Å²) in [5, 5.41) is 2.99. The third-order valence-electron chi connectivity index (χ3n) is 3.25. The largest absolute Gasteiger partial charge is 0.449 e. The van der Waals surface area contributed by atoms with Crippen molar-refractivity contribution in [3.05, 3.63) is 58.9 Å². The number of halogens is 1. The zero-order valence-electron chi connectivity index (χ0n) is 12.9. The first kappa shape index (κ1) is 17.0. The number of carbonyl (C=O) groups is 2. The summed E-state index contributed by atoms with van der Waals surface area (Å²) < 4.78 is 5.12. The van der Waals surface area contributed by atoms with Crippen molar-refractivity contribution in [3.63, 3.8) is 0 Å².